The third-order valence-corrected chi connectivity index (χ3v) is 2.88. The molecule has 0 amide bonds. The van der Waals surface area contributed by atoms with E-state index < -0.39 is 0 Å². The summed E-state index contributed by atoms with van der Waals surface area (Å²) < 4.78 is 0.348. The molecule has 1 fully saturated rings. The van der Waals surface area contributed by atoms with Crippen LogP contribution in [0.15, 0.2) is 0 Å². The molecule has 1 rings (SSSR count). The Bertz CT molecular complexity index is 86.9. The van der Waals surface area contributed by atoms with Gasteiger partial charge in [-0.15, -0.1) is 0 Å². The maximum absolute atomic E-state index is 4.63. The van der Waals surface area contributed by atoms with Crippen molar-refractivity contribution in [2.45, 2.75) is 56.6 Å². The molecular formula is C9H18S. The maximum Gasteiger partial charge on any atom is 0.0101 e. The van der Waals surface area contributed by atoms with Gasteiger partial charge >= 0.3 is 0 Å². The van der Waals surface area contributed by atoms with E-state index in [1.807, 2.05) is 0 Å². The lowest BCUT2D eigenvalue weighted by Crippen LogP contribution is -2.17. The fraction of sp³-hybridized carbons (Fsp3) is 1.00. The Morgan fingerprint density at radius 1 is 0.900 bits per heavy atom. The first-order valence-electron chi connectivity index (χ1n) is 4.43. The number of hydrogen-bond donors (Lipinski definition) is 1. The Morgan fingerprint density at radius 3 is 1.80 bits per heavy atom. The lowest BCUT2D eigenvalue weighted by Gasteiger charge is -2.25. The summed E-state index contributed by atoms with van der Waals surface area (Å²) in [5.41, 5.74) is 0. The van der Waals surface area contributed by atoms with E-state index in [1.54, 1.807) is 0 Å². The molecule has 1 aliphatic rings. The van der Waals surface area contributed by atoms with Crippen molar-refractivity contribution in [1.82, 2.24) is 0 Å². The molecule has 0 saturated heterocycles. The molecule has 1 heteroatoms. The van der Waals surface area contributed by atoms with Crippen LogP contribution in [0, 0.1) is 0 Å². The fourth-order valence-electron chi connectivity index (χ4n) is 1.67. The molecular weight excluding hydrogens is 140 g/mol. The molecule has 0 bridgehead atoms. The summed E-state index contributed by atoms with van der Waals surface area (Å²) in [6, 6.07) is 0. The quantitative estimate of drug-likeness (QED) is 0.513. The van der Waals surface area contributed by atoms with Crippen molar-refractivity contribution in [1.29, 1.82) is 0 Å². The molecule has 60 valence electrons. The lowest BCUT2D eigenvalue weighted by atomic mass is 9.92. The van der Waals surface area contributed by atoms with E-state index in [4.69, 9.17) is 0 Å². The van der Waals surface area contributed by atoms with Crippen molar-refractivity contribution in [3.05, 3.63) is 0 Å². The van der Waals surface area contributed by atoms with Gasteiger partial charge in [0.15, 0.2) is 0 Å². The minimum Gasteiger partial charge on any atom is -0.173 e. The van der Waals surface area contributed by atoms with Crippen LogP contribution in [0.2, 0.25) is 0 Å². The molecule has 1 saturated carbocycles. The zero-order chi connectivity index (χ0) is 7.45. The highest BCUT2D eigenvalue weighted by molar-refractivity contribution is 7.81. The van der Waals surface area contributed by atoms with Crippen molar-refractivity contribution in [3.8, 4) is 0 Å². The summed E-state index contributed by atoms with van der Waals surface area (Å²) in [5.74, 6) is 0. The van der Waals surface area contributed by atoms with Crippen molar-refractivity contribution in [3.63, 3.8) is 0 Å². The molecule has 0 unspecified atom stereocenters. The summed E-state index contributed by atoms with van der Waals surface area (Å²) in [4.78, 5) is 0. The molecule has 0 aromatic rings. The van der Waals surface area contributed by atoms with Crippen LogP contribution in [0.4, 0.5) is 0 Å². The van der Waals surface area contributed by atoms with Crippen LogP contribution in [0.3, 0.4) is 0 Å². The first-order valence-corrected chi connectivity index (χ1v) is 4.88. The van der Waals surface area contributed by atoms with E-state index in [0.29, 0.717) is 4.75 Å². The van der Waals surface area contributed by atoms with E-state index in [1.165, 1.54) is 44.9 Å². The third kappa shape index (κ3) is 2.96. The third-order valence-electron chi connectivity index (χ3n) is 2.43. The Morgan fingerprint density at radius 2 is 1.30 bits per heavy atom. The molecule has 0 aliphatic heterocycles. The zero-order valence-corrected chi connectivity index (χ0v) is 7.79. The first-order chi connectivity index (χ1) is 4.71. The SMILES string of the molecule is CC1(S)CCCCCCC1. The van der Waals surface area contributed by atoms with E-state index in [9.17, 15) is 0 Å². The number of rotatable bonds is 0. The van der Waals surface area contributed by atoms with Crippen LogP contribution in [0.25, 0.3) is 0 Å². The minimum atomic E-state index is 0.348. The average Bonchev–Trinajstić information content (AvgIpc) is 1.81. The zero-order valence-electron chi connectivity index (χ0n) is 6.90. The second-order valence-corrected chi connectivity index (χ2v) is 4.84. The van der Waals surface area contributed by atoms with E-state index in [2.05, 4.69) is 19.6 Å². The second-order valence-electron chi connectivity index (χ2n) is 3.76. The summed E-state index contributed by atoms with van der Waals surface area (Å²) in [6.07, 6.45) is 9.71. The van der Waals surface area contributed by atoms with Crippen molar-refractivity contribution in [2.24, 2.45) is 0 Å². The molecule has 0 N–H and O–H groups in total. The van der Waals surface area contributed by atoms with Gasteiger partial charge in [0.2, 0.25) is 0 Å². The van der Waals surface area contributed by atoms with Crippen LogP contribution in [0.5, 0.6) is 0 Å². The molecule has 0 spiro atoms. The van der Waals surface area contributed by atoms with Crippen molar-refractivity contribution >= 4 is 12.6 Å². The van der Waals surface area contributed by atoms with Gasteiger partial charge in [0.25, 0.3) is 0 Å². The Balaban J connectivity index is 2.30. The molecule has 1 aliphatic carbocycles. The average molecular weight is 158 g/mol. The Kier molecular flexibility index (Phi) is 3.09. The molecule has 0 aromatic heterocycles. The van der Waals surface area contributed by atoms with Gasteiger partial charge in [-0.3, -0.25) is 0 Å². The van der Waals surface area contributed by atoms with E-state index in [-0.39, 0.29) is 0 Å². The molecule has 0 aromatic carbocycles. The predicted molar refractivity (Wildman–Crippen MR) is 49.7 cm³/mol. The maximum atomic E-state index is 4.63. The standard InChI is InChI=1S/C9H18S/c1-9(10)7-5-3-2-4-6-8-9/h10H,2-8H2,1H3. The van der Waals surface area contributed by atoms with Crippen molar-refractivity contribution < 1.29 is 0 Å². The second kappa shape index (κ2) is 3.66. The summed E-state index contributed by atoms with van der Waals surface area (Å²) in [6.45, 7) is 2.28. The minimum absolute atomic E-state index is 0.348. The normalized spacial score (nSPS) is 27.0. The molecule has 0 atom stereocenters. The van der Waals surface area contributed by atoms with Crippen molar-refractivity contribution in [2.75, 3.05) is 0 Å². The molecule has 0 nitrogen and oxygen atoms in total. The highest BCUT2D eigenvalue weighted by atomic mass is 32.1. The molecule has 0 radical (unpaired) electrons. The number of thiol groups is 1. The van der Waals surface area contributed by atoms with E-state index >= 15 is 0 Å². The van der Waals surface area contributed by atoms with Crippen LogP contribution in [-0.4, -0.2) is 4.75 Å². The van der Waals surface area contributed by atoms with Crippen LogP contribution >= 0.6 is 12.6 Å². The van der Waals surface area contributed by atoms with Crippen LogP contribution in [0.1, 0.15) is 51.9 Å². The highest BCUT2D eigenvalue weighted by Gasteiger charge is 2.18. The monoisotopic (exact) mass is 158 g/mol. The number of hydrogen-bond acceptors (Lipinski definition) is 1. The summed E-state index contributed by atoms with van der Waals surface area (Å²) >= 11 is 4.63. The summed E-state index contributed by atoms with van der Waals surface area (Å²) in [7, 11) is 0. The van der Waals surface area contributed by atoms with Gasteiger partial charge in [-0.2, -0.15) is 12.6 Å². The van der Waals surface area contributed by atoms with Gasteiger partial charge in [0.1, 0.15) is 0 Å². The smallest absolute Gasteiger partial charge is 0.0101 e. The van der Waals surface area contributed by atoms with Gasteiger partial charge in [0, 0.05) is 4.75 Å². The summed E-state index contributed by atoms with van der Waals surface area (Å²) in [5, 5.41) is 0. The Hall–Kier alpha value is 0.350. The van der Waals surface area contributed by atoms with Gasteiger partial charge in [0.05, 0.1) is 0 Å². The van der Waals surface area contributed by atoms with Gasteiger partial charge < -0.3 is 0 Å². The lowest BCUT2D eigenvalue weighted by molar-refractivity contribution is 0.439. The van der Waals surface area contributed by atoms with Gasteiger partial charge in [-0.25, -0.2) is 0 Å². The predicted octanol–water partition coefficient (Wildman–Crippen LogP) is 3.42. The molecule has 0 heterocycles. The highest BCUT2D eigenvalue weighted by Crippen LogP contribution is 2.30. The van der Waals surface area contributed by atoms with Crippen LogP contribution in [-0.2, 0) is 0 Å². The van der Waals surface area contributed by atoms with Crippen LogP contribution < -0.4 is 0 Å². The van der Waals surface area contributed by atoms with Gasteiger partial charge in [-0.05, 0) is 12.8 Å². The topological polar surface area (TPSA) is 0 Å². The Labute approximate surface area is 69.8 Å². The van der Waals surface area contributed by atoms with E-state index in [0.717, 1.165) is 0 Å². The fourth-order valence-corrected chi connectivity index (χ4v) is 1.98. The largest absolute Gasteiger partial charge is 0.173 e. The van der Waals surface area contributed by atoms with Gasteiger partial charge in [-0.1, -0.05) is 39.0 Å². The first kappa shape index (κ1) is 8.45. The molecule has 10 heavy (non-hydrogen) atoms.